The van der Waals surface area contributed by atoms with Crippen molar-refractivity contribution in [2.45, 2.75) is 18.8 Å². The number of aromatic carboxylic acids is 1. The van der Waals surface area contributed by atoms with Gasteiger partial charge in [0.15, 0.2) is 0 Å². The van der Waals surface area contributed by atoms with Gasteiger partial charge in [0.2, 0.25) is 0 Å². The normalized spacial score (nSPS) is 14.8. The number of benzene rings is 1. The molecule has 0 atom stereocenters. The third-order valence-corrected chi connectivity index (χ3v) is 3.93. The van der Waals surface area contributed by atoms with Crippen LogP contribution in [0.15, 0.2) is 30.5 Å². The molecule has 1 aliphatic carbocycles. The molecule has 1 aromatic carbocycles. The molecule has 0 amide bonds. The van der Waals surface area contributed by atoms with Crippen molar-refractivity contribution < 1.29 is 9.90 Å². The van der Waals surface area contributed by atoms with Crippen molar-refractivity contribution in [2.75, 3.05) is 0 Å². The summed E-state index contributed by atoms with van der Waals surface area (Å²) in [7, 11) is 0. The van der Waals surface area contributed by atoms with E-state index < -0.39 is 5.97 Å². The third kappa shape index (κ3) is 2.08. The molecule has 3 nitrogen and oxygen atoms in total. The van der Waals surface area contributed by atoms with Crippen LogP contribution in [0.3, 0.4) is 0 Å². The molecule has 0 spiro atoms. The van der Waals surface area contributed by atoms with Gasteiger partial charge in [0.1, 0.15) is 9.88 Å². The summed E-state index contributed by atoms with van der Waals surface area (Å²) >= 11 is 1.22. The van der Waals surface area contributed by atoms with Crippen molar-refractivity contribution in [2.24, 2.45) is 0 Å². The number of carboxylic acids is 1. The average Bonchev–Trinajstić information content (AvgIpc) is 3.06. The molecule has 0 bridgehead atoms. The SMILES string of the molecule is O=C(O)c1cnc(-c2cccc(C3CC3)c2)s1. The summed E-state index contributed by atoms with van der Waals surface area (Å²) in [6.45, 7) is 0. The highest BCUT2D eigenvalue weighted by atomic mass is 32.1. The van der Waals surface area contributed by atoms with Gasteiger partial charge in [-0.1, -0.05) is 18.2 Å². The van der Waals surface area contributed by atoms with Crippen LogP contribution in [0.25, 0.3) is 10.6 Å². The fraction of sp³-hybridized carbons (Fsp3) is 0.231. The summed E-state index contributed by atoms with van der Waals surface area (Å²) < 4.78 is 0. The van der Waals surface area contributed by atoms with Gasteiger partial charge in [-0.25, -0.2) is 9.78 Å². The summed E-state index contributed by atoms with van der Waals surface area (Å²) in [5, 5.41) is 9.65. The number of aromatic nitrogens is 1. The third-order valence-electron chi connectivity index (χ3n) is 2.90. The van der Waals surface area contributed by atoms with Crippen LogP contribution >= 0.6 is 11.3 Å². The van der Waals surface area contributed by atoms with E-state index in [1.807, 2.05) is 12.1 Å². The fourth-order valence-electron chi connectivity index (χ4n) is 1.85. The summed E-state index contributed by atoms with van der Waals surface area (Å²) in [6.07, 6.45) is 3.95. The van der Waals surface area contributed by atoms with Crippen molar-refractivity contribution in [1.29, 1.82) is 0 Å². The Morgan fingerprint density at radius 2 is 2.24 bits per heavy atom. The van der Waals surface area contributed by atoms with E-state index in [0.717, 1.165) is 10.6 Å². The Kier molecular flexibility index (Phi) is 2.44. The van der Waals surface area contributed by atoms with E-state index in [0.29, 0.717) is 5.92 Å². The van der Waals surface area contributed by atoms with Crippen LogP contribution in [0.1, 0.15) is 34.0 Å². The summed E-state index contributed by atoms with van der Waals surface area (Å²) in [5.41, 5.74) is 2.36. The molecule has 86 valence electrons. The van der Waals surface area contributed by atoms with Crippen molar-refractivity contribution in [1.82, 2.24) is 4.98 Å². The lowest BCUT2D eigenvalue weighted by Crippen LogP contribution is -1.89. The number of hydrogen-bond donors (Lipinski definition) is 1. The van der Waals surface area contributed by atoms with Crippen LogP contribution in [0.2, 0.25) is 0 Å². The van der Waals surface area contributed by atoms with Crippen LogP contribution in [0.5, 0.6) is 0 Å². The number of nitrogens with zero attached hydrogens (tertiary/aromatic N) is 1. The van der Waals surface area contributed by atoms with Gasteiger partial charge >= 0.3 is 5.97 Å². The minimum Gasteiger partial charge on any atom is -0.477 e. The summed E-state index contributed by atoms with van der Waals surface area (Å²) in [5.74, 6) is -0.207. The first-order valence-electron chi connectivity index (χ1n) is 5.53. The van der Waals surface area contributed by atoms with E-state index in [2.05, 4.69) is 17.1 Å². The first-order valence-corrected chi connectivity index (χ1v) is 6.35. The van der Waals surface area contributed by atoms with E-state index in [1.54, 1.807) is 0 Å². The molecule has 0 saturated heterocycles. The second kappa shape index (κ2) is 3.96. The molecular formula is C13H11NO2S. The Morgan fingerprint density at radius 1 is 1.41 bits per heavy atom. The molecule has 3 rings (SSSR count). The van der Waals surface area contributed by atoms with Gasteiger partial charge in [-0.15, -0.1) is 11.3 Å². The Labute approximate surface area is 103 Å². The molecule has 4 heteroatoms. The number of rotatable bonds is 3. The lowest BCUT2D eigenvalue weighted by molar-refractivity contribution is 0.0702. The predicted molar refractivity (Wildman–Crippen MR) is 66.5 cm³/mol. The largest absolute Gasteiger partial charge is 0.477 e. The molecule has 0 unspecified atom stereocenters. The summed E-state index contributed by atoms with van der Waals surface area (Å²) in [4.78, 5) is 15.3. The molecule has 1 heterocycles. The van der Waals surface area contributed by atoms with Crippen molar-refractivity contribution in [3.05, 3.63) is 40.9 Å². The Bertz CT molecular complexity index is 572. The smallest absolute Gasteiger partial charge is 0.347 e. The second-order valence-electron chi connectivity index (χ2n) is 4.23. The number of thiazole rings is 1. The summed E-state index contributed by atoms with van der Waals surface area (Å²) in [6, 6.07) is 8.26. The molecular weight excluding hydrogens is 234 g/mol. The Hall–Kier alpha value is -1.68. The molecule has 1 aromatic heterocycles. The zero-order chi connectivity index (χ0) is 11.8. The van der Waals surface area contributed by atoms with Gasteiger partial charge in [-0.2, -0.15) is 0 Å². The van der Waals surface area contributed by atoms with E-state index in [1.165, 1.54) is 35.9 Å². The molecule has 0 radical (unpaired) electrons. The Morgan fingerprint density at radius 3 is 2.88 bits per heavy atom. The molecule has 0 aliphatic heterocycles. The minimum atomic E-state index is -0.910. The van der Waals surface area contributed by atoms with Crippen LogP contribution in [0.4, 0.5) is 0 Å². The van der Waals surface area contributed by atoms with Crippen molar-refractivity contribution in [3.8, 4) is 10.6 Å². The van der Waals surface area contributed by atoms with Crippen LogP contribution in [-0.2, 0) is 0 Å². The zero-order valence-corrected chi connectivity index (χ0v) is 9.91. The maximum Gasteiger partial charge on any atom is 0.347 e. The minimum absolute atomic E-state index is 0.289. The van der Waals surface area contributed by atoms with E-state index >= 15 is 0 Å². The quantitative estimate of drug-likeness (QED) is 0.901. The predicted octanol–water partition coefficient (Wildman–Crippen LogP) is 3.39. The van der Waals surface area contributed by atoms with Crippen LogP contribution in [0, 0.1) is 0 Å². The van der Waals surface area contributed by atoms with Crippen molar-refractivity contribution in [3.63, 3.8) is 0 Å². The second-order valence-corrected chi connectivity index (χ2v) is 5.27. The zero-order valence-electron chi connectivity index (χ0n) is 9.09. The highest BCUT2D eigenvalue weighted by Gasteiger charge is 2.23. The van der Waals surface area contributed by atoms with Gasteiger partial charge < -0.3 is 5.11 Å². The van der Waals surface area contributed by atoms with E-state index in [4.69, 9.17) is 5.11 Å². The van der Waals surface area contributed by atoms with Gasteiger partial charge in [-0.3, -0.25) is 0 Å². The van der Waals surface area contributed by atoms with Crippen LogP contribution < -0.4 is 0 Å². The maximum atomic E-state index is 10.8. The molecule has 2 aromatic rings. The highest BCUT2D eigenvalue weighted by Crippen LogP contribution is 2.41. The van der Waals surface area contributed by atoms with Gasteiger partial charge in [0.25, 0.3) is 0 Å². The molecule has 1 N–H and O–H groups in total. The molecule has 1 fully saturated rings. The van der Waals surface area contributed by atoms with Gasteiger partial charge in [-0.05, 0) is 30.4 Å². The van der Waals surface area contributed by atoms with E-state index in [-0.39, 0.29) is 4.88 Å². The molecule has 1 aliphatic rings. The van der Waals surface area contributed by atoms with E-state index in [9.17, 15) is 4.79 Å². The Balaban J connectivity index is 1.96. The lowest BCUT2D eigenvalue weighted by Gasteiger charge is -2.00. The number of carboxylic acid groups (broad SMARTS) is 1. The topological polar surface area (TPSA) is 50.2 Å². The molecule has 1 saturated carbocycles. The van der Waals surface area contributed by atoms with Crippen LogP contribution in [-0.4, -0.2) is 16.1 Å². The maximum absolute atomic E-state index is 10.8. The van der Waals surface area contributed by atoms with Gasteiger partial charge in [0.05, 0.1) is 6.20 Å². The van der Waals surface area contributed by atoms with Gasteiger partial charge in [0, 0.05) is 5.56 Å². The monoisotopic (exact) mass is 245 g/mol. The lowest BCUT2D eigenvalue weighted by atomic mass is 10.1. The first kappa shape index (κ1) is 10.5. The highest BCUT2D eigenvalue weighted by molar-refractivity contribution is 7.16. The first-order chi connectivity index (χ1) is 8.24. The number of carbonyl (C=O) groups is 1. The average molecular weight is 245 g/mol. The fourth-order valence-corrected chi connectivity index (χ4v) is 2.60. The standard InChI is InChI=1S/C13H11NO2S/c15-13(16)11-7-14-12(17-11)10-3-1-2-9(6-10)8-4-5-8/h1-3,6-8H,4-5H2,(H,15,16). The number of hydrogen-bond acceptors (Lipinski definition) is 3. The molecule has 17 heavy (non-hydrogen) atoms. The van der Waals surface area contributed by atoms with Crippen molar-refractivity contribution >= 4 is 17.3 Å².